The van der Waals surface area contributed by atoms with Crippen molar-refractivity contribution in [3.8, 4) is 0 Å². The molecule has 21 nitrogen and oxygen atoms in total. The van der Waals surface area contributed by atoms with Crippen LogP contribution in [0, 0.1) is 0 Å². The zero-order valence-electron chi connectivity index (χ0n) is 23.3. The zero-order chi connectivity index (χ0) is 23.1. The molecule has 0 bridgehead atoms. The molecule has 0 saturated heterocycles. The van der Waals surface area contributed by atoms with Gasteiger partial charge in [-0.05, 0) is 0 Å². The van der Waals surface area contributed by atoms with Crippen molar-refractivity contribution < 1.29 is 172 Å². The Kier molecular flexibility index (Phi) is 22.6. The van der Waals surface area contributed by atoms with E-state index in [9.17, 15) is 86.1 Å². The molecule has 0 aliphatic rings. The molecule has 0 fully saturated rings. The molecule has 0 aliphatic heterocycles. The fourth-order valence-corrected chi connectivity index (χ4v) is 3.31. The van der Waals surface area contributed by atoms with E-state index in [1.165, 1.54) is 0 Å². The molecule has 0 amide bonds. The van der Waals surface area contributed by atoms with Gasteiger partial charge in [-0.2, -0.15) is 0 Å². The van der Waals surface area contributed by atoms with Gasteiger partial charge >= 0.3 is 73.4 Å². The van der Waals surface area contributed by atoms with E-state index in [2.05, 4.69) is 12.9 Å². The summed E-state index contributed by atoms with van der Waals surface area (Å²) in [5.41, 5.74) is 0. The second-order valence-electron chi connectivity index (χ2n) is 2.93. The summed E-state index contributed by atoms with van der Waals surface area (Å²) in [6.45, 7) is 0. The summed E-state index contributed by atoms with van der Waals surface area (Å²) in [4.78, 5) is 112. The summed E-state index contributed by atoms with van der Waals surface area (Å²) in [5.74, 6) is 0. The standard InChI is InChI=1S/2Na.3H4O7P2/c;;3*1-8(2,3)7-9(4,5)6/h;;3*(H2,1,2,3)(H2,4,5,6)/q2*+1;;;/p-2. The van der Waals surface area contributed by atoms with Gasteiger partial charge in [0.15, 0.2) is 0 Å². The summed E-state index contributed by atoms with van der Waals surface area (Å²) in [7, 11) is -34.1. The minimum atomic E-state index is -5.68. The first-order valence-electron chi connectivity index (χ1n) is 4.38. The number of phosphoric acid groups is 6. The smallest absolute Gasteiger partial charge is 0.790 e. The average Bonchev–Trinajstić information content (AvgIpc) is 1.96. The quantitative estimate of drug-likeness (QED) is 0.208. The SMILES string of the molecule is O=P([O-])([O-])OP(=O)([O-])[O-].O=P([O-])([O-])OP(=O)([O-])[O-].O=P([O-])([O-])OP(=O)([O-])[O-].[H+].[H+].[H+].[H+].[H+].[H+].[H+].[H+].[H+].[H+].[Na+].[Na+]. The zero-order valence-corrected chi connectivity index (χ0v) is 22.6. The molecule has 0 unspecified atom stereocenters. The van der Waals surface area contributed by atoms with Crippen LogP contribution in [0.2, 0.25) is 0 Å². The van der Waals surface area contributed by atoms with Crippen molar-refractivity contribution in [2.45, 2.75) is 0 Å². The van der Waals surface area contributed by atoms with Crippen LogP contribution in [0.3, 0.4) is 0 Å². The summed E-state index contributed by atoms with van der Waals surface area (Å²) in [5, 5.41) is 0. The Bertz CT molecular complexity index is 584. The minimum Gasteiger partial charge on any atom is -0.790 e. The molecule has 0 saturated carbocycles. The second kappa shape index (κ2) is 15.6. The maximum atomic E-state index is 9.32. The van der Waals surface area contributed by atoms with E-state index >= 15 is 0 Å². The van der Waals surface area contributed by atoms with Gasteiger partial charge in [0.1, 0.15) is 0 Å². The summed E-state index contributed by atoms with van der Waals surface area (Å²) in [6, 6.07) is 0. The molecule has 0 N–H and O–H groups in total. The van der Waals surface area contributed by atoms with Crippen LogP contribution in [0.1, 0.15) is 14.3 Å². The first-order chi connectivity index (χ1) is 11.1. The van der Waals surface area contributed by atoms with Crippen LogP contribution in [0.4, 0.5) is 0 Å². The molecule has 0 aliphatic carbocycles. The summed E-state index contributed by atoms with van der Waals surface area (Å²) < 4.78 is 63.5. The van der Waals surface area contributed by atoms with Crippen molar-refractivity contribution in [1.82, 2.24) is 0 Å². The van der Waals surface area contributed by atoms with Gasteiger partial charge < -0.3 is 99.0 Å². The fourth-order valence-electron chi connectivity index (χ4n) is 0.367. The van der Waals surface area contributed by atoms with Crippen LogP contribution in [0.25, 0.3) is 0 Å². The van der Waals surface area contributed by atoms with E-state index in [1.54, 1.807) is 0 Å². The molecule has 29 heteroatoms. The Hall–Kier alpha value is 2.78. The van der Waals surface area contributed by atoms with Gasteiger partial charge in [0.2, 0.25) is 0 Å². The van der Waals surface area contributed by atoms with Crippen LogP contribution in [-0.4, -0.2) is 0 Å². The molecule has 29 heavy (non-hydrogen) atoms. The van der Waals surface area contributed by atoms with Gasteiger partial charge in [0.25, 0.3) is 0 Å². The molecule has 0 aromatic carbocycles. The molecular formula is H10Na2O21P6. The predicted molar refractivity (Wildman–Crippen MR) is 60.0 cm³/mol. The maximum absolute atomic E-state index is 9.32. The number of hydrogen-bond acceptors (Lipinski definition) is 21. The Labute approximate surface area is 218 Å². The summed E-state index contributed by atoms with van der Waals surface area (Å²) in [6.07, 6.45) is 0. The van der Waals surface area contributed by atoms with E-state index in [0.29, 0.717) is 0 Å². The largest absolute Gasteiger partial charge is 1.00 e. The van der Waals surface area contributed by atoms with Crippen molar-refractivity contribution >= 4 is 46.9 Å². The molecule has 0 spiro atoms. The van der Waals surface area contributed by atoms with Crippen molar-refractivity contribution in [3.05, 3.63) is 0 Å². The maximum Gasteiger partial charge on any atom is 1.00 e. The molecule has 0 rings (SSSR count). The van der Waals surface area contributed by atoms with Gasteiger partial charge in [-0.1, -0.05) is 0 Å². The number of rotatable bonds is 6. The van der Waals surface area contributed by atoms with Crippen LogP contribution in [-0.2, 0) is 40.3 Å². The fraction of sp³-hybridized carbons (Fsp3) is 0. The molecule has 0 heterocycles. The first kappa shape index (κ1) is 42.0. The molecular weight excluding hydrogens is 568 g/mol. The van der Waals surface area contributed by atoms with E-state index < -0.39 is 46.9 Å². The monoisotopic (exact) mass is 578 g/mol. The first-order valence-corrected chi connectivity index (χ1v) is 13.1. The van der Waals surface area contributed by atoms with E-state index in [-0.39, 0.29) is 73.4 Å². The molecule has 0 aromatic heterocycles. The predicted octanol–water partition coefficient (Wildman–Crippen LogP) is -14.9. The summed E-state index contributed by atoms with van der Waals surface area (Å²) >= 11 is 0. The van der Waals surface area contributed by atoms with Crippen molar-refractivity contribution in [2.24, 2.45) is 0 Å². The van der Waals surface area contributed by atoms with Gasteiger partial charge in [-0.15, -0.1) is 0 Å². The minimum absolute atomic E-state index is 0. The molecule has 168 valence electrons. The molecule has 0 atom stereocenters. The van der Waals surface area contributed by atoms with Gasteiger partial charge in [-0.3, -0.25) is 0 Å². The molecule has 0 aromatic rings. The Morgan fingerprint density at radius 1 is 0.345 bits per heavy atom. The van der Waals surface area contributed by atoms with Crippen LogP contribution in [0.5, 0.6) is 0 Å². The van der Waals surface area contributed by atoms with Crippen molar-refractivity contribution in [3.63, 3.8) is 0 Å². The molecule has 0 radical (unpaired) electrons. The number of hydrogen-bond donors (Lipinski definition) is 0. The van der Waals surface area contributed by atoms with Gasteiger partial charge in [0.05, 0.1) is 46.9 Å². The topological polar surface area (TPSA) is 407 Å². The van der Waals surface area contributed by atoms with E-state index in [0.717, 1.165) is 0 Å². The van der Waals surface area contributed by atoms with E-state index in [4.69, 9.17) is 0 Å². The van der Waals surface area contributed by atoms with E-state index in [1.807, 2.05) is 0 Å². The van der Waals surface area contributed by atoms with Gasteiger partial charge in [0, 0.05) is 0 Å². The van der Waals surface area contributed by atoms with Crippen molar-refractivity contribution in [1.29, 1.82) is 0 Å². The van der Waals surface area contributed by atoms with Crippen molar-refractivity contribution in [2.75, 3.05) is 0 Å². The third-order valence-electron chi connectivity index (χ3n) is 0.600. The average molecular weight is 578 g/mol. The van der Waals surface area contributed by atoms with Gasteiger partial charge in [-0.25, -0.2) is 0 Å². The van der Waals surface area contributed by atoms with Crippen LogP contribution in [0.15, 0.2) is 0 Å². The van der Waals surface area contributed by atoms with Crippen LogP contribution < -0.4 is 118 Å². The Morgan fingerprint density at radius 3 is 0.414 bits per heavy atom. The Morgan fingerprint density at radius 2 is 0.414 bits per heavy atom. The Balaban J connectivity index is -0.0000000148. The third-order valence-corrected chi connectivity index (χ3v) is 5.40. The third kappa shape index (κ3) is 59.0. The second-order valence-corrected chi connectivity index (χ2v) is 10.3. The van der Waals surface area contributed by atoms with Crippen LogP contribution >= 0.6 is 46.9 Å². The normalized spacial score (nSPS) is 12.8.